The van der Waals surface area contributed by atoms with Gasteiger partial charge in [0.05, 0.1) is 7.11 Å². The number of hydrogen-bond donors (Lipinski definition) is 0. The largest absolute Gasteiger partial charge is 0.439 e. The van der Waals surface area contributed by atoms with Crippen molar-refractivity contribution < 1.29 is 9.30 Å². The Morgan fingerprint density at radius 3 is 2.50 bits per heavy atom. The average molecular weight is 256 g/mol. The first-order valence-electron chi connectivity index (χ1n) is 5.88. The summed E-state index contributed by atoms with van der Waals surface area (Å²) < 4.78 is 8.96. The molecular weight excluding hydrogens is 242 g/mol. The quantitative estimate of drug-likeness (QED) is 0.656. The topological polar surface area (TPSA) is 13.1 Å². The normalized spacial score (nSPS) is 10.7. The molecule has 0 N–H and O–H groups in total. The Morgan fingerprint density at radius 1 is 1.00 bits per heavy atom. The van der Waals surface area contributed by atoms with Crippen LogP contribution in [0.1, 0.15) is 5.56 Å². The second kappa shape index (κ2) is 4.78. The first kappa shape index (κ1) is 11.2. The summed E-state index contributed by atoms with van der Waals surface area (Å²) in [5.74, 6) is 0. The van der Waals surface area contributed by atoms with Gasteiger partial charge in [-0.2, -0.15) is 0 Å². The van der Waals surface area contributed by atoms with Gasteiger partial charge < -0.3 is 4.74 Å². The second-order valence-electron chi connectivity index (χ2n) is 4.11. The highest BCUT2D eigenvalue weighted by atomic mass is 32.1. The van der Waals surface area contributed by atoms with E-state index < -0.39 is 0 Å². The first-order chi connectivity index (χ1) is 8.88. The number of hydrogen-bond acceptors (Lipinski definition) is 2. The van der Waals surface area contributed by atoms with Gasteiger partial charge in [0.15, 0.2) is 6.54 Å². The van der Waals surface area contributed by atoms with Gasteiger partial charge in [-0.25, -0.2) is 0 Å². The van der Waals surface area contributed by atoms with Crippen molar-refractivity contribution >= 4 is 21.6 Å². The third kappa shape index (κ3) is 1.97. The summed E-state index contributed by atoms with van der Waals surface area (Å²) in [6, 6.07) is 18.8. The van der Waals surface area contributed by atoms with Crippen molar-refractivity contribution in [3.05, 3.63) is 60.2 Å². The fourth-order valence-electron chi connectivity index (χ4n) is 2.08. The Morgan fingerprint density at radius 2 is 1.72 bits per heavy atom. The van der Waals surface area contributed by atoms with Gasteiger partial charge in [-0.05, 0) is 17.4 Å². The van der Waals surface area contributed by atoms with Gasteiger partial charge in [0.25, 0.3) is 0 Å². The highest BCUT2D eigenvalue weighted by molar-refractivity contribution is 7.19. The van der Waals surface area contributed by atoms with Crippen LogP contribution in [0.2, 0.25) is 0 Å². The molecule has 0 saturated heterocycles. The van der Waals surface area contributed by atoms with Crippen LogP contribution in [0, 0.1) is 0 Å². The number of nitrogens with zero attached hydrogens (tertiary/aromatic N) is 1. The third-order valence-corrected chi connectivity index (χ3v) is 4.06. The monoisotopic (exact) mass is 256 g/mol. The molecular formula is C15H14NOS+. The van der Waals surface area contributed by atoms with E-state index in [-0.39, 0.29) is 0 Å². The molecule has 3 aromatic rings. The molecule has 0 aliphatic rings. The lowest BCUT2D eigenvalue weighted by atomic mass is 10.2. The van der Waals surface area contributed by atoms with Gasteiger partial charge in [-0.1, -0.05) is 42.5 Å². The molecule has 2 nitrogen and oxygen atoms in total. The number of methoxy groups -OCH3 is 1. The molecule has 3 rings (SSSR count). The van der Waals surface area contributed by atoms with Crippen LogP contribution < -0.4 is 9.30 Å². The van der Waals surface area contributed by atoms with Crippen molar-refractivity contribution in [1.29, 1.82) is 0 Å². The number of rotatable bonds is 3. The average Bonchev–Trinajstić information content (AvgIpc) is 2.78. The molecule has 18 heavy (non-hydrogen) atoms. The molecule has 90 valence electrons. The number of benzene rings is 2. The molecule has 0 saturated carbocycles. The zero-order chi connectivity index (χ0) is 12.4. The lowest BCUT2D eigenvalue weighted by Crippen LogP contribution is -2.34. The molecule has 0 aliphatic carbocycles. The molecule has 0 amide bonds. The maximum absolute atomic E-state index is 5.48. The third-order valence-electron chi connectivity index (χ3n) is 2.93. The van der Waals surface area contributed by atoms with Crippen LogP contribution in [0.15, 0.2) is 54.6 Å². The molecule has 2 aromatic carbocycles. The van der Waals surface area contributed by atoms with Crippen LogP contribution >= 0.6 is 11.3 Å². The molecule has 0 atom stereocenters. The van der Waals surface area contributed by atoms with E-state index in [9.17, 15) is 0 Å². The highest BCUT2D eigenvalue weighted by Gasteiger charge is 2.20. The van der Waals surface area contributed by atoms with Crippen LogP contribution in [-0.2, 0) is 6.54 Å². The molecule has 1 heterocycles. The number of thiazole rings is 1. The van der Waals surface area contributed by atoms with E-state index in [1.54, 1.807) is 18.4 Å². The lowest BCUT2D eigenvalue weighted by Gasteiger charge is -1.98. The predicted octanol–water partition coefficient (Wildman–Crippen LogP) is 3.25. The summed E-state index contributed by atoms with van der Waals surface area (Å²) in [7, 11) is 1.73. The molecule has 0 radical (unpaired) electrons. The van der Waals surface area contributed by atoms with Gasteiger partial charge in [0.2, 0.25) is 5.52 Å². The molecule has 0 unspecified atom stereocenters. The van der Waals surface area contributed by atoms with Crippen molar-refractivity contribution in [2.24, 2.45) is 0 Å². The Labute approximate surface area is 110 Å². The van der Waals surface area contributed by atoms with E-state index in [0.29, 0.717) is 0 Å². The Kier molecular flexibility index (Phi) is 2.99. The van der Waals surface area contributed by atoms with Gasteiger partial charge in [0.1, 0.15) is 4.70 Å². The lowest BCUT2D eigenvalue weighted by molar-refractivity contribution is -0.663. The van der Waals surface area contributed by atoms with Crippen molar-refractivity contribution in [2.75, 3.05) is 7.11 Å². The minimum atomic E-state index is 0.841. The summed E-state index contributed by atoms with van der Waals surface area (Å²) in [5.41, 5.74) is 2.51. The van der Waals surface area contributed by atoms with E-state index in [0.717, 1.165) is 11.7 Å². The van der Waals surface area contributed by atoms with Crippen molar-refractivity contribution in [3.8, 4) is 5.19 Å². The van der Waals surface area contributed by atoms with Crippen molar-refractivity contribution in [1.82, 2.24) is 0 Å². The zero-order valence-corrected chi connectivity index (χ0v) is 11.0. The maximum Gasteiger partial charge on any atom is 0.431 e. The van der Waals surface area contributed by atoms with Gasteiger partial charge in [-0.3, -0.25) is 0 Å². The number of ether oxygens (including phenoxy) is 1. The van der Waals surface area contributed by atoms with E-state index in [4.69, 9.17) is 4.74 Å². The minimum Gasteiger partial charge on any atom is -0.439 e. The standard InChI is InChI=1S/C15H14NOS/c1-17-15-16(11-12-7-3-2-4-8-12)13-9-5-6-10-14(13)18-15/h2-10H,11H2,1H3/q+1. The van der Waals surface area contributed by atoms with E-state index >= 15 is 0 Å². The smallest absolute Gasteiger partial charge is 0.431 e. The number of fused-ring (bicyclic) bond motifs is 1. The summed E-state index contributed by atoms with van der Waals surface area (Å²) >= 11 is 1.68. The van der Waals surface area contributed by atoms with Crippen LogP contribution in [0.5, 0.6) is 5.19 Å². The van der Waals surface area contributed by atoms with Crippen molar-refractivity contribution in [3.63, 3.8) is 0 Å². The summed E-state index contributed by atoms with van der Waals surface area (Å²) in [6.07, 6.45) is 0. The SMILES string of the molecule is COc1sc2ccccc2[n+]1Cc1ccccc1. The summed E-state index contributed by atoms with van der Waals surface area (Å²) in [5, 5.41) is 0.944. The van der Waals surface area contributed by atoms with Crippen molar-refractivity contribution in [2.45, 2.75) is 6.54 Å². The van der Waals surface area contributed by atoms with E-state index in [2.05, 4.69) is 53.1 Å². The van der Waals surface area contributed by atoms with Crippen LogP contribution in [0.3, 0.4) is 0 Å². The van der Waals surface area contributed by atoms with Gasteiger partial charge in [0, 0.05) is 11.6 Å². The minimum absolute atomic E-state index is 0.841. The first-order valence-corrected chi connectivity index (χ1v) is 6.69. The van der Waals surface area contributed by atoms with Crippen LogP contribution in [0.25, 0.3) is 10.2 Å². The van der Waals surface area contributed by atoms with Crippen LogP contribution in [-0.4, -0.2) is 7.11 Å². The fraction of sp³-hybridized carbons (Fsp3) is 0.133. The Hall–Kier alpha value is -1.87. The second-order valence-corrected chi connectivity index (χ2v) is 5.10. The molecule has 0 fully saturated rings. The summed E-state index contributed by atoms with van der Waals surface area (Å²) in [4.78, 5) is 0. The molecule has 3 heteroatoms. The molecule has 0 bridgehead atoms. The molecule has 0 aliphatic heterocycles. The maximum atomic E-state index is 5.48. The van der Waals surface area contributed by atoms with E-state index in [1.165, 1.54) is 15.8 Å². The zero-order valence-electron chi connectivity index (χ0n) is 10.2. The van der Waals surface area contributed by atoms with Gasteiger partial charge >= 0.3 is 5.19 Å². The summed E-state index contributed by atoms with van der Waals surface area (Å²) in [6.45, 7) is 0.841. The molecule has 0 spiro atoms. The number of para-hydroxylation sites is 1. The fourth-order valence-corrected chi connectivity index (χ4v) is 3.06. The highest BCUT2D eigenvalue weighted by Crippen LogP contribution is 2.25. The van der Waals surface area contributed by atoms with Gasteiger partial charge in [-0.15, -0.1) is 4.57 Å². The van der Waals surface area contributed by atoms with E-state index in [1.807, 2.05) is 6.07 Å². The number of aromatic nitrogens is 1. The Balaban J connectivity index is 2.10. The predicted molar refractivity (Wildman–Crippen MR) is 74.1 cm³/mol. The molecule has 1 aromatic heterocycles. The Bertz CT molecular complexity index is 661. The van der Waals surface area contributed by atoms with Crippen LogP contribution in [0.4, 0.5) is 0 Å².